The zero-order valence-electron chi connectivity index (χ0n) is 11.3. The lowest BCUT2D eigenvalue weighted by Gasteiger charge is -2.10. The average molecular weight is 258 g/mol. The lowest BCUT2D eigenvalue weighted by molar-refractivity contribution is 0.226. The van der Waals surface area contributed by atoms with Crippen molar-refractivity contribution in [2.45, 2.75) is 32.9 Å². The van der Waals surface area contributed by atoms with Gasteiger partial charge in [-0.1, -0.05) is 22.9 Å². The van der Waals surface area contributed by atoms with Gasteiger partial charge >= 0.3 is 0 Å². The highest BCUT2D eigenvalue weighted by Crippen LogP contribution is 2.29. The second-order valence-electron chi connectivity index (χ2n) is 5.11. The molecular formula is C15H18N2O2. The van der Waals surface area contributed by atoms with Gasteiger partial charge in [-0.3, -0.25) is 0 Å². The van der Waals surface area contributed by atoms with Crippen molar-refractivity contribution in [3.63, 3.8) is 0 Å². The Morgan fingerprint density at radius 3 is 3.00 bits per heavy atom. The number of fused-ring (bicyclic) bond motifs is 1. The van der Waals surface area contributed by atoms with Crippen molar-refractivity contribution in [2.75, 3.05) is 6.54 Å². The summed E-state index contributed by atoms with van der Waals surface area (Å²) in [7, 11) is 0. The summed E-state index contributed by atoms with van der Waals surface area (Å²) in [6.45, 7) is 5.54. The second kappa shape index (κ2) is 5.05. The molecule has 19 heavy (non-hydrogen) atoms. The average Bonchev–Trinajstić information content (AvgIpc) is 2.95. The van der Waals surface area contributed by atoms with E-state index in [0.29, 0.717) is 6.54 Å². The van der Waals surface area contributed by atoms with Crippen molar-refractivity contribution in [1.29, 1.82) is 0 Å². The van der Waals surface area contributed by atoms with E-state index in [4.69, 9.17) is 9.26 Å². The highest BCUT2D eigenvalue weighted by Gasteiger charge is 2.22. The molecule has 0 fully saturated rings. The summed E-state index contributed by atoms with van der Waals surface area (Å²) >= 11 is 0. The van der Waals surface area contributed by atoms with Gasteiger partial charge < -0.3 is 14.6 Å². The lowest BCUT2D eigenvalue weighted by atomic mass is 10.1. The summed E-state index contributed by atoms with van der Waals surface area (Å²) in [6.07, 6.45) is 1.19. The van der Waals surface area contributed by atoms with Crippen LogP contribution in [-0.4, -0.2) is 17.8 Å². The van der Waals surface area contributed by atoms with Crippen molar-refractivity contribution < 1.29 is 9.26 Å². The Morgan fingerprint density at radius 2 is 2.21 bits per heavy atom. The fourth-order valence-corrected chi connectivity index (χ4v) is 2.43. The van der Waals surface area contributed by atoms with Crippen LogP contribution >= 0.6 is 0 Å². The molecule has 4 heteroatoms. The molecule has 100 valence electrons. The van der Waals surface area contributed by atoms with Crippen LogP contribution in [0.5, 0.6) is 5.75 Å². The van der Waals surface area contributed by atoms with Crippen LogP contribution in [-0.2, 0) is 13.0 Å². The van der Waals surface area contributed by atoms with Gasteiger partial charge in [-0.15, -0.1) is 0 Å². The maximum atomic E-state index is 5.90. The summed E-state index contributed by atoms with van der Waals surface area (Å²) in [6, 6.07) is 8.30. The third-order valence-corrected chi connectivity index (χ3v) is 3.31. The van der Waals surface area contributed by atoms with Crippen LogP contribution in [0.4, 0.5) is 0 Å². The van der Waals surface area contributed by atoms with E-state index in [1.165, 1.54) is 11.1 Å². The largest absolute Gasteiger partial charge is 0.488 e. The Balaban J connectivity index is 1.51. The quantitative estimate of drug-likeness (QED) is 0.914. The Labute approximate surface area is 112 Å². The van der Waals surface area contributed by atoms with Crippen LogP contribution in [0, 0.1) is 13.8 Å². The molecule has 0 amide bonds. The minimum atomic E-state index is 0.213. The monoisotopic (exact) mass is 258 g/mol. The smallest absolute Gasteiger partial charge is 0.133 e. The maximum absolute atomic E-state index is 5.90. The number of benzene rings is 1. The van der Waals surface area contributed by atoms with Crippen LogP contribution in [0.15, 0.2) is 28.8 Å². The molecule has 1 atom stereocenters. The molecule has 1 aliphatic heterocycles. The number of aromatic nitrogens is 1. The minimum Gasteiger partial charge on any atom is -0.488 e. The standard InChI is InChI=1S/C15H18N2O2/c1-10-3-4-15-12(5-10)7-14(18-15)9-16-8-13-6-11(2)19-17-13/h3-6,14,16H,7-9H2,1-2H3. The molecule has 2 aromatic rings. The highest BCUT2D eigenvalue weighted by atomic mass is 16.5. The lowest BCUT2D eigenvalue weighted by Crippen LogP contribution is -2.29. The van der Waals surface area contributed by atoms with Crippen molar-refractivity contribution in [3.05, 3.63) is 46.8 Å². The maximum Gasteiger partial charge on any atom is 0.133 e. The van der Waals surface area contributed by atoms with Gasteiger partial charge in [0.15, 0.2) is 0 Å². The molecule has 4 nitrogen and oxygen atoms in total. The molecule has 0 bridgehead atoms. The first kappa shape index (κ1) is 12.2. The van der Waals surface area contributed by atoms with E-state index >= 15 is 0 Å². The Hall–Kier alpha value is -1.81. The van der Waals surface area contributed by atoms with Gasteiger partial charge in [-0.05, 0) is 25.5 Å². The molecule has 0 aliphatic carbocycles. The van der Waals surface area contributed by atoms with E-state index in [0.717, 1.165) is 30.2 Å². The van der Waals surface area contributed by atoms with Gasteiger partial charge in [0, 0.05) is 25.6 Å². The summed E-state index contributed by atoms with van der Waals surface area (Å²) < 4.78 is 10.9. The van der Waals surface area contributed by atoms with Crippen molar-refractivity contribution in [2.24, 2.45) is 0 Å². The topological polar surface area (TPSA) is 47.3 Å². The Morgan fingerprint density at radius 1 is 1.32 bits per heavy atom. The second-order valence-corrected chi connectivity index (χ2v) is 5.11. The molecule has 3 rings (SSSR count). The van der Waals surface area contributed by atoms with Crippen LogP contribution in [0.2, 0.25) is 0 Å². The minimum absolute atomic E-state index is 0.213. The number of aryl methyl sites for hydroxylation is 2. The predicted molar refractivity (Wildman–Crippen MR) is 72.2 cm³/mol. The fourth-order valence-electron chi connectivity index (χ4n) is 2.43. The predicted octanol–water partition coefficient (Wildman–Crippen LogP) is 2.38. The third kappa shape index (κ3) is 2.79. The number of nitrogens with one attached hydrogen (secondary N) is 1. The Bertz CT molecular complexity index is 577. The molecule has 0 radical (unpaired) electrons. The Kier molecular flexibility index (Phi) is 3.25. The molecule has 1 aromatic heterocycles. The number of ether oxygens (including phenoxy) is 1. The summed E-state index contributed by atoms with van der Waals surface area (Å²) in [5, 5.41) is 7.31. The van der Waals surface area contributed by atoms with Gasteiger partial charge in [0.05, 0.1) is 5.69 Å². The van der Waals surface area contributed by atoms with Gasteiger partial charge in [0.2, 0.25) is 0 Å². The molecule has 0 saturated carbocycles. The van der Waals surface area contributed by atoms with E-state index in [1.54, 1.807) is 0 Å². The number of nitrogens with zero attached hydrogens (tertiary/aromatic N) is 1. The molecular weight excluding hydrogens is 240 g/mol. The van der Waals surface area contributed by atoms with E-state index in [9.17, 15) is 0 Å². The van der Waals surface area contributed by atoms with Gasteiger partial charge in [0.25, 0.3) is 0 Å². The SMILES string of the molecule is Cc1ccc2c(c1)CC(CNCc1cc(C)on1)O2. The van der Waals surface area contributed by atoms with Crippen molar-refractivity contribution >= 4 is 0 Å². The van der Waals surface area contributed by atoms with Gasteiger partial charge in [-0.2, -0.15) is 0 Å². The van der Waals surface area contributed by atoms with Crippen molar-refractivity contribution in [1.82, 2.24) is 10.5 Å². The van der Waals surface area contributed by atoms with Crippen LogP contribution in [0.25, 0.3) is 0 Å². The summed E-state index contributed by atoms with van der Waals surface area (Å²) in [4.78, 5) is 0. The van der Waals surface area contributed by atoms with Crippen molar-refractivity contribution in [3.8, 4) is 5.75 Å². The first-order valence-electron chi connectivity index (χ1n) is 6.60. The number of hydrogen-bond acceptors (Lipinski definition) is 4. The zero-order chi connectivity index (χ0) is 13.2. The summed E-state index contributed by atoms with van der Waals surface area (Å²) in [5.41, 5.74) is 3.53. The summed E-state index contributed by atoms with van der Waals surface area (Å²) in [5.74, 6) is 1.87. The number of rotatable bonds is 4. The van der Waals surface area contributed by atoms with Crippen LogP contribution in [0.1, 0.15) is 22.6 Å². The van der Waals surface area contributed by atoms with E-state index in [2.05, 4.69) is 35.6 Å². The molecule has 1 aromatic carbocycles. The molecule has 1 unspecified atom stereocenters. The van der Waals surface area contributed by atoms with Gasteiger partial charge in [0.1, 0.15) is 17.6 Å². The van der Waals surface area contributed by atoms with E-state index in [1.807, 2.05) is 13.0 Å². The molecule has 0 spiro atoms. The normalized spacial score (nSPS) is 17.3. The number of hydrogen-bond donors (Lipinski definition) is 1. The first-order valence-corrected chi connectivity index (χ1v) is 6.60. The molecule has 1 aliphatic rings. The third-order valence-electron chi connectivity index (χ3n) is 3.31. The molecule has 1 N–H and O–H groups in total. The van der Waals surface area contributed by atoms with E-state index in [-0.39, 0.29) is 6.10 Å². The fraction of sp³-hybridized carbons (Fsp3) is 0.400. The zero-order valence-corrected chi connectivity index (χ0v) is 11.3. The van der Waals surface area contributed by atoms with E-state index < -0.39 is 0 Å². The van der Waals surface area contributed by atoms with Crippen LogP contribution < -0.4 is 10.1 Å². The highest BCUT2D eigenvalue weighted by molar-refractivity contribution is 5.40. The first-order chi connectivity index (χ1) is 9.20. The molecule has 0 saturated heterocycles. The molecule has 2 heterocycles. The van der Waals surface area contributed by atoms with Gasteiger partial charge in [-0.25, -0.2) is 0 Å². The van der Waals surface area contributed by atoms with Crippen LogP contribution in [0.3, 0.4) is 0 Å².